The summed E-state index contributed by atoms with van der Waals surface area (Å²) in [4.78, 5) is 26.9. The van der Waals surface area contributed by atoms with E-state index < -0.39 is 0 Å². The summed E-state index contributed by atoms with van der Waals surface area (Å²) in [6.45, 7) is 1.57. The summed E-state index contributed by atoms with van der Waals surface area (Å²) in [7, 11) is 1.61. The minimum atomic E-state index is -0.311. The molecule has 8 heteroatoms. The van der Waals surface area contributed by atoms with Crippen molar-refractivity contribution < 1.29 is 13.9 Å². The predicted octanol–water partition coefficient (Wildman–Crippen LogP) is 2.72. The highest BCUT2D eigenvalue weighted by atomic mass is 19.1. The molecule has 1 aliphatic heterocycles. The number of carbonyl (C=O) groups excluding carboxylic acids is 1. The Hall–Kier alpha value is -3.42. The number of hydrogen-bond acceptors (Lipinski definition) is 4. The van der Waals surface area contributed by atoms with E-state index in [0.29, 0.717) is 31.9 Å². The number of benzene rings is 2. The predicted molar refractivity (Wildman–Crippen MR) is 114 cm³/mol. The van der Waals surface area contributed by atoms with Gasteiger partial charge < -0.3 is 9.64 Å². The molecule has 0 radical (unpaired) electrons. The van der Waals surface area contributed by atoms with Gasteiger partial charge in [0.25, 0.3) is 0 Å². The van der Waals surface area contributed by atoms with Gasteiger partial charge in [-0.25, -0.2) is 14.3 Å². The Kier molecular flexibility index (Phi) is 6.16. The van der Waals surface area contributed by atoms with Gasteiger partial charge in [-0.15, -0.1) is 0 Å². The van der Waals surface area contributed by atoms with Gasteiger partial charge in [-0.05, 0) is 48.2 Å². The smallest absolute Gasteiger partial charge is 0.343 e. The fourth-order valence-electron chi connectivity index (χ4n) is 4.02. The molecule has 1 aromatic heterocycles. The van der Waals surface area contributed by atoms with Crippen molar-refractivity contribution in [3.05, 3.63) is 81.8 Å². The number of aromatic amines is 1. The number of amides is 1. The number of piperidine rings is 1. The molecule has 162 valence electrons. The van der Waals surface area contributed by atoms with Gasteiger partial charge in [0, 0.05) is 19.0 Å². The zero-order valence-corrected chi connectivity index (χ0v) is 17.4. The summed E-state index contributed by atoms with van der Waals surface area (Å²) in [5.41, 5.74) is 1.47. The molecule has 2 heterocycles. The SMILES string of the molecule is COc1cccc(CC(=O)N2CCC(c3n[nH]c(=O)n3Cc3ccc(F)cc3)CC2)c1. The summed E-state index contributed by atoms with van der Waals surface area (Å²) in [5.74, 6) is 1.28. The topological polar surface area (TPSA) is 80.2 Å². The maximum absolute atomic E-state index is 13.2. The van der Waals surface area contributed by atoms with Crippen molar-refractivity contribution in [3.8, 4) is 5.75 Å². The highest BCUT2D eigenvalue weighted by Crippen LogP contribution is 2.27. The van der Waals surface area contributed by atoms with Crippen molar-refractivity contribution in [3.63, 3.8) is 0 Å². The Morgan fingerprint density at radius 1 is 1.16 bits per heavy atom. The molecule has 1 saturated heterocycles. The maximum atomic E-state index is 13.2. The van der Waals surface area contributed by atoms with Gasteiger partial charge in [-0.2, -0.15) is 5.10 Å². The minimum Gasteiger partial charge on any atom is -0.497 e. The van der Waals surface area contributed by atoms with E-state index in [-0.39, 0.29) is 23.3 Å². The highest BCUT2D eigenvalue weighted by Gasteiger charge is 2.27. The molecule has 3 aromatic rings. The molecule has 1 N–H and O–H groups in total. The van der Waals surface area contributed by atoms with E-state index in [1.54, 1.807) is 23.8 Å². The first-order chi connectivity index (χ1) is 15.0. The van der Waals surface area contributed by atoms with Gasteiger partial charge in [0.2, 0.25) is 5.91 Å². The second-order valence-corrected chi connectivity index (χ2v) is 7.78. The first kappa shape index (κ1) is 20.8. The van der Waals surface area contributed by atoms with Gasteiger partial charge in [-0.1, -0.05) is 24.3 Å². The van der Waals surface area contributed by atoms with E-state index >= 15 is 0 Å². The number of H-pyrrole nitrogens is 1. The molecule has 2 aromatic carbocycles. The van der Waals surface area contributed by atoms with Crippen LogP contribution in [0.1, 0.15) is 35.7 Å². The zero-order chi connectivity index (χ0) is 21.8. The van der Waals surface area contributed by atoms with Crippen LogP contribution in [-0.2, 0) is 17.8 Å². The molecule has 0 aliphatic carbocycles. The van der Waals surface area contributed by atoms with E-state index in [4.69, 9.17) is 4.74 Å². The fourth-order valence-corrected chi connectivity index (χ4v) is 4.02. The van der Waals surface area contributed by atoms with E-state index in [1.165, 1.54) is 12.1 Å². The van der Waals surface area contributed by atoms with Crippen LogP contribution in [0.25, 0.3) is 0 Å². The Balaban J connectivity index is 1.39. The van der Waals surface area contributed by atoms with E-state index in [0.717, 1.165) is 29.7 Å². The molecule has 0 spiro atoms. The number of nitrogens with zero attached hydrogens (tertiary/aromatic N) is 3. The van der Waals surface area contributed by atoms with Crippen LogP contribution >= 0.6 is 0 Å². The number of aromatic nitrogens is 3. The normalized spacial score (nSPS) is 14.6. The van der Waals surface area contributed by atoms with Crippen LogP contribution in [0.3, 0.4) is 0 Å². The van der Waals surface area contributed by atoms with Crippen molar-refractivity contribution >= 4 is 5.91 Å². The quantitative estimate of drug-likeness (QED) is 0.660. The van der Waals surface area contributed by atoms with E-state index in [2.05, 4.69) is 10.2 Å². The van der Waals surface area contributed by atoms with Crippen LogP contribution in [0, 0.1) is 5.82 Å². The number of halogens is 1. The number of rotatable bonds is 6. The number of ether oxygens (including phenoxy) is 1. The average molecular weight is 424 g/mol. The lowest BCUT2D eigenvalue weighted by Crippen LogP contribution is -2.39. The molecular formula is C23H25FN4O3. The lowest BCUT2D eigenvalue weighted by atomic mass is 9.95. The Morgan fingerprint density at radius 3 is 2.61 bits per heavy atom. The lowest BCUT2D eigenvalue weighted by molar-refractivity contribution is -0.131. The van der Waals surface area contributed by atoms with Crippen molar-refractivity contribution in [2.24, 2.45) is 0 Å². The van der Waals surface area contributed by atoms with Crippen molar-refractivity contribution in [1.29, 1.82) is 0 Å². The number of methoxy groups -OCH3 is 1. The number of carbonyl (C=O) groups is 1. The molecule has 4 rings (SSSR count). The summed E-state index contributed by atoms with van der Waals surface area (Å²) in [6.07, 6.45) is 1.80. The standard InChI is InChI=1S/C23H25FN4O3/c1-31-20-4-2-3-17(13-20)14-21(29)27-11-9-18(10-12-27)22-25-26-23(30)28(22)15-16-5-7-19(24)8-6-16/h2-8,13,18H,9-12,14-15H2,1H3,(H,26,30). The Morgan fingerprint density at radius 2 is 1.90 bits per heavy atom. The molecule has 1 fully saturated rings. The first-order valence-corrected chi connectivity index (χ1v) is 10.3. The second-order valence-electron chi connectivity index (χ2n) is 7.78. The van der Waals surface area contributed by atoms with Crippen LogP contribution in [0.4, 0.5) is 4.39 Å². The van der Waals surface area contributed by atoms with Gasteiger partial charge >= 0.3 is 5.69 Å². The lowest BCUT2D eigenvalue weighted by Gasteiger charge is -2.31. The van der Waals surface area contributed by atoms with Gasteiger partial charge in [0.1, 0.15) is 17.4 Å². The van der Waals surface area contributed by atoms with Crippen molar-refractivity contribution in [2.45, 2.75) is 31.7 Å². The van der Waals surface area contributed by atoms with Crippen LogP contribution < -0.4 is 10.4 Å². The molecule has 0 saturated carbocycles. The zero-order valence-electron chi connectivity index (χ0n) is 17.4. The molecule has 0 atom stereocenters. The van der Waals surface area contributed by atoms with Crippen LogP contribution in [-0.4, -0.2) is 45.8 Å². The van der Waals surface area contributed by atoms with Gasteiger partial charge in [0.15, 0.2) is 0 Å². The van der Waals surface area contributed by atoms with Crippen molar-refractivity contribution in [1.82, 2.24) is 19.7 Å². The fraction of sp³-hybridized carbons (Fsp3) is 0.348. The second kappa shape index (κ2) is 9.16. The number of hydrogen-bond donors (Lipinski definition) is 1. The third-order valence-electron chi connectivity index (χ3n) is 5.74. The summed E-state index contributed by atoms with van der Waals surface area (Å²) in [5, 5.41) is 6.78. The maximum Gasteiger partial charge on any atom is 0.343 e. The largest absolute Gasteiger partial charge is 0.497 e. The number of likely N-dealkylation sites (tertiary alicyclic amines) is 1. The third-order valence-corrected chi connectivity index (χ3v) is 5.74. The molecule has 0 bridgehead atoms. The Labute approximate surface area is 179 Å². The Bertz CT molecular complexity index is 1100. The molecule has 1 amide bonds. The molecular weight excluding hydrogens is 399 g/mol. The molecule has 7 nitrogen and oxygen atoms in total. The van der Waals surface area contributed by atoms with Crippen LogP contribution in [0.15, 0.2) is 53.3 Å². The number of nitrogens with one attached hydrogen (secondary N) is 1. The molecule has 0 unspecified atom stereocenters. The summed E-state index contributed by atoms with van der Waals surface area (Å²) < 4.78 is 20.0. The first-order valence-electron chi connectivity index (χ1n) is 10.3. The minimum absolute atomic E-state index is 0.0810. The molecule has 31 heavy (non-hydrogen) atoms. The van der Waals surface area contributed by atoms with Crippen molar-refractivity contribution in [2.75, 3.05) is 20.2 Å². The van der Waals surface area contributed by atoms with E-state index in [1.807, 2.05) is 29.2 Å². The van der Waals surface area contributed by atoms with E-state index in [9.17, 15) is 14.0 Å². The summed E-state index contributed by atoms with van der Waals surface area (Å²) >= 11 is 0. The summed E-state index contributed by atoms with van der Waals surface area (Å²) in [6, 6.07) is 13.6. The third kappa shape index (κ3) is 4.84. The monoisotopic (exact) mass is 424 g/mol. The van der Waals surface area contributed by atoms with Gasteiger partial charge in [0.05, 0.1) is 20.1 Å². The van der Waals surface area contributed by atoms with Crippen LogP contribution in [0.2, 0.25) is 0 Å². The van der Waals surface area contributed by atoms with Gasteiger partial charge in [-0.3, -0.25) is 9.36 Å². The molecule has 1 aliphatic rings. The average Bonchev–Trinajstić information content (AvgIpc) is 3.15. The highest BCUT2D eigenvalue weighted by molar-refractivity contribution is 5.79. The van der Waals surface area contributed by atoms with Crippen LogP contribution in [0.5, 0.6) is 5.75 Å².